The minimum absolute atomic E-state index is 0.00809. The van der Waals surface area contributed by atoms with E-state index in [4.69, 9.17) is 14.2 Å². The van der Waals surface area contributed by atoms with Crippen LogP contribution >= 0.6 is 23.3 Å². The van der Waals surface area contributed by atoms with Crippen molar-refractivity contribution in [3.63, 3.8) is 0 Å². The average Bonchev–Trinajstić information content (AvgIpc) is 3.58. The molecule has 1 fully saturated rings. The maximum atomic E-state index is 13.0. The Labute approximate surface area is 238 Å². The molecule has 0 bridgehead atoms. The second-order valence-corrected chi connectivity index (χ2v) is 10.6. The van der Waals surface area contributed by atoms with E-state index in [0.717, 1.165) is 18.0 Å². The fourth-order valence-electron chi connectivity index (χ4n) is 3.64. The molecule has 0 saturated carbocycles. The number of nitrogens with zero attached hydrogens (tertiary/aromatic N) is 3. The largest absolute Gasteiger partial charge is 0.513 e. The number of allylic oxidation sites excluding steroid dienone is 1. The van der Waals surface area contributed by atoms with E-state index in [-0.39, 0.29) is 30.0 Å². The summed E-state index contributed by atoms with van der Waals surface area (Å²) in [5.41, 5.74) is 0.921. The molecule has 1 saturated heterocycles. The summed E-state index contributed by atoms with van der Waals surface area (Å²) in [7, 11) is 1.59. The molecular formula is C28H36N4O5S2. The number of carbonyl (C=O) groups is 1. The normalized spacial score (nSPS) is 13.7. The summed E-state index contributed by atoms with van der Waals surface area (Å²) in [5.74, 6) is 0.681. The van der Waals surface area contributed by atoms with Crippen LogP contribution in [-0.2, 0) is 11.2 Å². The SMILES string of the molecule is C=C(O)Cc1csc(NC(=O)c2cc(Oc3ccc(SN4CCCC4)cc3)nc(OC(C)COC)c2)n1.CC. The number of ether oxygens (including phenoxy) is 3. The van der Waals surface area contributed by atoms with Crippen molar-refractivity contribution in [3.05, 3.63) is 65.4 Å². The van der Waals surface area contributed by atoms with Crippen LogP contribution in [0.3, 0.4) is 0 Å². The highest BCUT2D eigenvalue weighted by molar-refractivity contribution is 7.97. The molecule has 1 aliphatic rings. The smallest absolute Gasteiger partial charge is 0.257 e. The Morgan fingerprint density at radius 3 is 2.54 bits per heavy atom. The number of nitrogens with one attached hydrogen (secondary N) is 1. The highest BCUT2D eigenvalue weighted by Crippen LogP contribution is 2.30. The van der Waals surface area contributed by atoms with Crippen molar-refractivity contribution >= 4 is 34.3 Å². The van der Waals surface area contributed by atoms with Gasteiger partial charge in [0.05, 0.1) is 23.6 Å². The van der Waals surface area contributed by atoms with Gasteiger partial charge in [0.2, 0.25) is 11.8 Å². The first-order chi connectivity index (χ1) is 18.9. The van der Waals surface area contributed by atoms with Crippen molar-refractivity contribution in [2.75, 3.05) is 32.1 Å². The number of thiazole rings is 1. The minimum Gasteiger partial charge on any atom is -0.513 e. The number of aliphatic hydroxyl groups is 1. The van der Waals surface area contributed by atoms with Gasteiger partial charge in [0.25, 0.3) is 5.91 Å². The Kier molecular flexibility index (Phi) is 12.1. The molecular weight excluding hydrogens is 536 g/mol. The lowest BCUT2D eigenvalue weighted by molar-refractivity contribution is 0.0882. The summed E-state index contributed by atoms with van der Waals surface area (Å²) < 4.78 is 19.4. The second kappa shape index (κ2) is 15.5. The van der Waals surface area contributed by atoms with Crippen LogP contribution in [-0.4, -0.2) is 58.2 Å². The number of rotatable bonds is 12. The molecule has 4 rings (SSSR count). The second-order valence-electron chi connectivity index (χ2n) is 8.56. The molecule has 0 spiro atoms. The average molecular weight is 573 g/mol. The predicted octanol–water partition coefficient (Wildman–Crippen LogP) is 6.74. The topological polar surface area (TPSA) is 106 Å². The third-order valence-corrected chi connectivity index (χ3v) is 7.18. The number of hydrogen-bond donors (Lipinski definition) is 2. The van der Waals surface area contributed by atoms with Crippen LogP contribution in [0, 0.1) is 0 Å². The van der Waals surface area contributed by atoms with Gasteiger partial charge in [0, 0.05) is 49.0 Å². The lowest BCUT2D eigenvalue weighted by Gasteiger charge is -2.15. The number of carbonyl (C=O) groups excluding carboxylic acids is 1. The molecule has 2 aromatic heterocycles. The molecule has 3 aromatic rings. The van der Waals surface area contributed by atoms with Gasteiger partial charge in [0.15, 0.2) is 5.13 Å². The number of pyridine rings is 1. The van der Waals surface area contributed by atoms with Gasteiger partial charge < -0.3 is 19.3 Å². The van der Waals surface area contributed by atoms with Crippen molar-refractivity contribution in [2.45, 2.75) is 51.0 Å². The molecule has 9 nitrogen and oxygen atoms in total. The first kappa shape index (κ1) is 30.4. The lowest BCUT2D eigenvalue weighted by atomic mass is 10.2. The molecule has 1 unspecified atom stereocenters. The Hall–Kier alpha value is -3.12. The predicted molar refractivity (Wildman–Crippen MR) is 156 cm³/mol. The number of anilines is 1. The van der Waals surface area contributed by atoms with E-state index in [1.165, 1.54) is 24.2 Å². The molecule has 1 aliphatic heterocycles. The summed E-state index contributed by atoms with van der Waals surface area (Å²) in [4.78, 5) is 22.9. The van der Waals surface area contributed by atoms with E-state index < -0.39 is 5.91 Å². The standard InChI is InChI=1S/C26H30N4O5S2.C2H6/c1-17(31)12-20-16-36-26(27-20)29-25(32)19-13-23(34-18(2)15-33-3)28-24(14-19)35-21-6-8-22(9-7-21)37-30-10-4-5-11-30;1-2/h6-9,13-14,16,18,31H,1,4-5,10-12,15H2,2-3H3,(H,27,29,32);1-2H3. The zero-order valence-corrected chi connectivity index (χ0v) is 24.4. The van der Waals surface area contributed by atoms with E-state index >= 15 is 0 Å². The van der Waals surface area contributed by atoms with Crippen LogP contribution in [0.25, 0.3) is 0 Å². The number of methoxy groups -OCH3 is 1. The Balaban J connectivity index is 0.00000205. The van der Waals surface area contributed by atoms with Gasteiger partial charge in [-0.3, -0.25) is 10.1 Å². The van der Waals surface area contributed by atoms with Crippen molar-refractivity contribution < 1.29 is 24.1 Å². The van der Waals surface area contributed by atoms with E-state index in [1.807, 2.05) is 45.0 Å². The Bertz CT molecular complexity index is 1210. The highest BCUT2D eigenvalue weighted by atomic mass is 32.2. The summed E-state index contributed by atoms with van der Waals surface area (Å²) in [6.45, 7) is 11.9. The number of hydrogen-bond acceptors (Lipinski definition) is 10. The molecule has 0 aliphatic carbocycles. The number of aromatic nitrogens is 2. The van der Waals surface area contributed by atoms with Crippen LogP contribution in [0.2, 0.25) is 0 Å². The number of benzene rings is 1. The van der Waals surface area contributed by atoms with Gasteiger partial charge in [-0.15, -0.1) is 11.3 Å². The van der Waals surface area contributed by atoms with Gasteiger partial charge in [-0.25, -0.2) is 9.29 Å². The van der Waals surface area contributed by atoms with Crippen LogP contribution < -0.4 is 14.8 Å². The van der Waals surface area contributed by atoms with Crippen LogP contribution in [0.15, 0.2) is 59.0 Å². The lowest BCUT2D eigenvalue weighted by Crippen LogP contribution is -2.19. The molecule has 210 valence electrons. The molecule has 2 N–H and O–H groups in total. The van der Waals surface area contributed by atoms with Gasteiger partial charge in [-0.1, -0.05) is 20.4 Å². The zero-order valence-electron chi connectivity index (χ0n) is 22.8. The first-order valence-electron chi connectivity index (χ1n) is 12.9. The maximum absolute atomic E-state index is 13.0. The Morgan fingerprint density at radius 1 is 1.18 bits per heavy atom. The molecule has 1 atom stereocenters. The van der Waals surface area contributed by atoms with Gasteiger partial charge in [-0.2, -0.15) is 4.98 Å². The van der Waals surface area contributed by atoms with E-state index in [2.05, 4.69) is 26.2 Å². The summed E-state index contributed by atoms with van der Waals surface area (Å²) >= 11 is 3.01. The molecule has 11 heteroatoms. The first-order valence-corrected chi connectivity index (χ1v) is 14.5. The quantitative estimate of drug-likeness (QED) is 0.180. The maximum Gasteiger partial charge on any atom is 0.257 e. The van der Waals surface area contributed by atoms with Crippen LogP contribution in [0.1, 0.15) is 49.7 Å². The summed E-state index contributed by atoms with van der Waals surface area (Å²) in [6, 6.07) is 10.9. The van der Waals surface area contributed by atoms with E-state index in [0.29, 0.717) is 28.7 Å². The molecule has 3 heterocycles. The zero-order chi connectivity index (χ0) is 28.2. The molecule has 0 radical (unpaired) electrons. The fourth-order valence-corrected chi connectivity index (χ4v) is 5.34. The fraction of sp³-hybridized carbons (Fsp3) is 0.393. The van der Waals surface area contributed by atoms with Crippen LogP contribution in [0.5, 0.6) is 17.5 Å². The van der Waals surface area contributed by atoms with Crippen LogP contribution in [0.4, 0.5) is 5.13 Å². The molecule has 39 heavy (non-hydrogen) atoms. The Morgan fingerprint density at radius 2 is 1.87 bits per heavy atom. The molecule has 1 amide bonds. The van der Waals surface area contributed by atoms with E-state index in [1.54, 1.807) is 36.6 Å². The minimum atomic E-state index is -0.391. The van der Waals surface area contributed by atoms with Gasteiger partial charge in [-0.05, 0) is 56.0 Å². The monoisotopic (exact) mass is 572 g/mol. The number of amides is 1. The van der Waals surface area contributed by atoms with Crippen molar-refractivity contribution in [1.29, 1.82) is 0 Å². The summed E-state index contributed by atoms with van der Waals surface area (Å²) in [5, 5.41) is 14.3. The third kappa shape index (κ3) is 9.85. The third-order valence-electron chi connectivity index (χ3n) is 5.27. The van der Waals surface area contributed by atoms with Crippen molar-refractivity contribution in [1.82, 2.24) is 14.3 Å². The molecule has 1 aromatic carbocycles. The van der Waals surface area contributed by atoms with Crippen molar-refractivity contribution in [3.8, 4) is 17.5 Å². The van der Waals surface area contributed by atoms with Crippen molar-refractivity contribution in [2.24, 2.45) is 0 Å². The van der Waals surface area contributed by atoms with Gasteiger partial charge >= 0.3 is 0 Å². The van der Waals surface area contributed by atoms with Gasteiger partial charge in [0.1, 0.15) is 11.9 Å². The summed E-state index contributed by atoms with van der Waals surface area (Å²) in [6.07, 6.45) is 2.42. The van der Waals surface area contributed by atoms with E-state index in [9.17, 15) is 9.90 Å². The highest BCUT2D eigenvalue weighted by Gasteiger charge is 2.17. The number of aliphatic hydroxyl groups excluding tert-OH is 1.